The summed E-state index contributed by atoms with van der Waals surface area (Å²) in [5, 5.41) is 7.35. The lowest BCUT2D eigenvalue weighted by Gasteiger charge is -2.16. The molecule has 0 saturated heterocycles. The Balaban J connectivity index is 2.18. The Morgan fingerprint density at radius 3 is 2.73 bits per heavy atom. The van der Waals surface area contributed by atoms with E-state index < -0.39 is 7.14 Å². The third kappa shape index (κ3) is 2.99. The van der Waals surface area contributed by atoms with E-state index in [4.69, 9.17) is 23.2 Å². The second kappa shape index (κ2) is 5.82. The van der Waals surface area contributed by atoms with Crippen molar-refractivity contribution in [1.29, 1.82) is 0 Å². The fourth-order valence-electron chi connectivity index (χ4n) is 2.27. The van der Waals surface area contributed by atoms with Crippen LogP contribution in [-0.2, 0) is 4.57 Å². The number of rotatable bonds is 3. The maximum atomic E-state index is 12.8. The molecule has 2 heterocycles. The first-order chi connectivity index (χ1) is 10.4. The summed E-state index contributed by atoms with van der Waals surface area (Å²) in [6.45, 7) is 3.50. The molecular weight excluding hydrogens is 360 g/mol. The van der Waals surface area contributed by atoms with Gasteiger partial charge in [-0.3, -0.25) is 0 Å². The van der Waals surface area contributed by atoms with Crippen LogP contribution in [0.2, 0.25) is 10.3 Å². The first-order valence-corrected chi connectivity index (χ1v) is 10.6. The average molecular weight is 372 g/mol. The van der Waals surface area contributed by atoms with Crippen LogP contribution in [0.1, 0.15) is 0 Å². The lowest BCUT2D eigenvalue weighted by Crippen LogP contribution is -2.11. The van der Waals surface area contributed by atoms with Gasteiger partial charge in [0.2, 0.25) is 5.28 Å². The standard InChI is InChI=1S/C14H12Cl2N3OPS/c1-21(2,20)12-8-5-6-22-11(8)4-3-10(12)18-13-9(15)7-17-14(16)19-13/h3-7H,1-2H3,(H,17,18,19). The van der Waals surface area contributed by atoms with Crippen molar-refractivity contribution in [2.45, 2.75) is 0 Å². The van der Waals surface area contributed by atoms with E-state index in [0.717, 1.165) is 21.1 Å². The number of anilines is 2. The van der Waals surface area contributed by atoms with Crippen molar-refractivity contribution in [2.24, 2.45) is 0 Å². The predicted octanol–water partition coefficient (Wildman–Crippen LogP) is 4.99. The number of nitrogens with zero attached hydrogens (tertiary/aromatic N) is 2. The zero-order valence-corrected chi connectivity index (χ0v) is 15.0. The lowest BCUT2D eigenvalue weighted by molar-refractivity contribution is 0.588. The summed E-state index contributed by atoms with van der Waals surface area (Å²) >= 11 is 13.5. The summed E-state index contributed by atoms with van der Waals surface area (Å²) in [6, 6.07) is 5.85. The van der Waals surface area contributed by atoms with Gasteiger partial charge in [0.1, 0.15) is 12.2 Å². The van der Waals surface area contributed by atoms with Crippen molar-refractivity contribution in [1.82, 2.24) is 9.97 Å². The van der Waals surface area contributed by atoms with E-state index in [1.54, 1.807) is 24.7 Å². The third-order valence-electron chi connectivity index (χ3n) is 3.11. The Morgan fingerprint density at radius 1 is 1.23 bits per heavy atom. The van der Waals surface area contributed by atoms with Gasteiger partial charge in [-0.2, -0.15) is 4.98 Å². The fraction of sp³-hybridized carbons (Fsp3) is 0.143. The number of benzene rings is 1. The van der Waals surface area contributed by atoms with Crippen molar-refractivity contribution in [2.75, 3.05) is 18.6 Å². The molecule has 4 nitrogen and oxygen atoms in total. The minimum Gasteiger partial charge on any atom is -0.338 e. The predicted molar refractivity (Wildman–Crippen MR) is 96.2 cm³/mol. The first-order valence-electron chi connectivity index (χ1n) is 6.37. The van der Waals surface area contributed by atoms with E-state index in [9.17, 15) is 4.57 Å². The zero-order valence-electron chi connectivity index (χ0n) is 11.8. The van der Waals surface area contributed by atoms with Gasteiger partial charge < -0.3 is 9.88 Å². The second-order valence-corrected chi connectivity index (χ2v) is 9.95. The van der Waals surface area contributed by atoms with Crippen molar-refractivity contribution < 1.29 is 4.57 Å². The topological polar surface area (TPSA) is 54.9 Å². The molecule has 2 aromatic heterocycles. The summed E-state index contributed by atoms with van der Waals surface area (Å²) in [5.41, 5.74) is 0.718. The molecule has 0 aliphatic heterocycles. The van der Waals surface area contributed by atoms with E-state index in [1.165, 1.54) is 6.20 Å². The molecule has 1 N–H and O–H groups in total. The maximum Gasteiger partial charge on any atom is 0.224 e. The van der Waals surface area contributed by atoms with Gasteiger partial charge in [0.25, 0.3) is 0 Å². The Bertz CT molecular complexity index is 906. The van der Waals surface area contributed by atoms with Crippen molar-refractivity contribution in [3.63, 3.8) is 0 Å². The van der Waals surface area contributed by atoms with Crippen LogP contribution >= 0.6 is 41.7 Å². The highest BCUT2D eigenvalue weighted by atomic mass is 35.5. The zero-order chi connectivity index (χ0) is 15.9. The van der Waals surface area contributed by atoms with Gasteiger partial charge in [-0.25, -0.2) is 4.98 Å². The van der Waals surface area contributed by atoms with Crippen LogP contribution in [0.15, 0.2) is 29.8 Å². The smallest absolute Gasteiger partial charge is 0.224 e. The molecule has 0 fully saturated rings. The molecule has 114 valence electrons. The van der Waals surface area contributed by atoms with Crippen molar-refractivity contribution >= 4 is 68.6 Å². The highest BCUT2D eigenvalue weighted by Crippen LogP contribution is 2.42. The highest BCUT2D eigenvalue weighted by molar-refractivity contribution is 7.71. The summed E-state index contributed by atoms with van der Waals surface area (Å²) in [4.78, 5) is 7.91. The van der Waals surface area contributed by atoms with Crippen molar-refractivity contribution in [3.05, 3.63) is 40.1 Å². The van der Waals surface area contributed by atoms with Gasteiger partial charge >= 0.3 is 0 Å². The largest absolute Gasteiger partial charge is 0.338 e. The van der Waals surface area contributed by atoms with Gasteiger partial charge in [0.05, 0.1) is 11.9 Å². The molecule has 0 aliphatic rings. The monoisotopic (exact) mass is 371 g/mol. The maximum absolute atomic E-state index is 12.8. The molecule has 0 spiro atoms. The fourth-order valence-corrected chi connectivity index (χ4v) is 4.90. The number of nitrogens with one attached hydrogen (secondary N) is 1. The molecule has 0 unspecified atom stereocenters. The minimum absolute atomic E-state index is 0.0984. The van der Waals surface area contributed by atoms with E-state index in [1.807, 2.05) is 23.6 Å². The summed E-state index contributed by atoms with van der Waals surface area (Å²) in [5.74, 6) is 0.394. The van der Waals surface area contributed by atoms with Crippen LogP contribution in [0.5, 0.6) is 0 Å². The van der Waals surface area contributed by atoms with Gasteiger partial charge in [0, 0.05) is 15.4 Å². The summed E-state index contributed by atoms with van der Waals surface area (Å²) < 4.78 is 13.9. The van der Waals surface area contributed by atoms with E-state index in [-0.39, 0.29) is 5.28 Å². The third-order valence-corrected chi connectivity index (χ3v) is 6.01. The molecule has 0 aliphatic carbocycles. The number of fused-ring (bicyclic) bond motifs is 1. The van der Waals surface area contributed by atoms with Crippen LogP contribution < -0.4 is 10.6 Å². The second-order valence-electron chi connectivity index (χ2n) is 5.11. The Kier molecular flexibility index (Phi) is 4.17. The van der Waals surface area contributed by atoms with Gasteiger partial charge in [-0.05, 0) is 48.5 Å². The number of halogens is 2. The molecule has 22 heavy (non-hydrogen) atoms. The van der Waals surface area contributed by atoms with Crippen LogP contribution in [-0.4, -0.2) is 23.3 Å². The number of hydrogen-bond acceptors (Lipinski definition) is 5. The highest BCUT2D eigenvalue weighted by Gasteiger charge is 2.21. The first kappa shape index (κ1) is 15.8. The van der Waals surface area contributed by atoms with E-state index in [2.05, 4.69) is 15.3 Å². The molecule has 3 rings (SSSR count). The van der Waals surface area contributed by atoms with Crippen LogP contribution in [0.4, 0.5) is 11.5 Å². The Hall–Kier alpha value is -1.13. The Labute approximate surface area is 141 Å². The van der Waals surface area contributed by atoms with Crippen molar-refractivity contribution in [3.8, 4) is 0 Å². The number of thiophene rings is 1. The molecular formula is C14H12Cl2N3OPS. The molecule has 0 bridgehead atoms. The van der Waals surface area contributed by atoms with Crippen LogP contribution in [0, 0.1) is 0 Å². The van der Waals surface area contributed by atoms with Gasteiger partial charge in [-0.1, -0.05) is 11.6 Å². The summed E-state index contributed by atoms with van der Waals surface area (Å²) in [6.07, 6.45) is 1.43. The number of hydrogen-bond donors (Lipinski definition) is 1. The van der Waals surface area contributed by atoms with Crippen LogP contribution in [0.25, 0.3) is 10.1 Å². The minimum atomic E-state index is -2.51. The molecule has 0 atom stereocenters. The molecule has 1 aromatic carbocycles. The molecule has 3 aromatic rings. The SMILES string of the molecule is CP(C)(=O)c1c(Nc2nc(Cl)ncc2Cl)ccc2sccc12. The normalized spacial score (nSPS) is 11.8. The lowest BCUT2D eigenvalue weighted by atomic mass is 10.2. The average Bonchev–Trinajstić information content (AvgIpc) is 2.89. The number of aromatic nitrogens is 2. The molecule has 8 heteroatoms. The molecule has 0 amide bonds. The van der Waals surface area contributed by atoms with E-state index in [0.29, 0.717) is 10.8 Å². The van der Waals surface area contributed by atoms with E-state index >= 15 is 0 Å². The molecule has 0 radical (unpaired) electrons. The quantitative estimate of drug-likeness (QED) is 0.520. The Morgan fingerprint density at radius 2 is 2.00 bits per heavy atom. The van der Waals surface area contributed by atoms with Gasteiger partial charge in [-0.15, -0.1) is 11.3 Å². The summed E-state index contributed by atoms with van der Waals surface area (Å²) in [7, 11) is -2.51. The van der Waals surface area contributed by atoms with Gasteiger partial charge in [0.15, 0.2) is 5.82 Å². The molecule has 0 saturated carbocycles. The van der Waals surface area contributed by atoms with Crippen LogP contribution in [0.3, 0.4) is 0 Å².